The molecule has 2 saturated heterocycles. The minimum Gasteiger partial charge on any atom is -0.354 e. The summed E-state index contributed by atoms with van der Waals surface area (Å²) in [5, 5.41) is 9.66. The smallest absolute Gasteiger partial charge is 0.237 e. The van der Waals surface area contributed by atoms with Gasteiger partial charge in [0.1, 0.15) is 0 Å². The zero-order valence-corrected chi connectivity index (χ0v) is 17.1. The van der Waals surface area contributed by atoms with Gasteiger partial charge in [-0.25, -0.2) is 0 Å². The average Bonchev–Trinajstić information content (AvgIpc) is 3.22. The lowest BCUT2D eigenvalue weighted by molar-refractivity contribution is -0.128. The van der Waals surface area contributed by atoms with Crippen LogP contribution in [-0.4, -0.2) is 61.0 Å². The summed E-state index contributed by atoms with van der Waals surface area (Å²) in [6.07, 6.45) is 8.93. The molecule has 3 rings (SSSR count). The predicted molar refractivity (Wildman–Crippen MR) is 107 cm³/mol. The van der Waals surface area contributed by atoms with Crippen molar-refractivity contribution in [1.82, 2.24) is 20.9 Å². The maximum Gasteiger partial charge on any atom is 0.237 e. The summed E-state index contributed by atoms with van der Waals surface area (Å²) in [6.45, 7) is 7.88. The number of piperidine rings is 1. The van der Waals surface area contributed by atoms with Crippen molar-refractivity contribution in [3.8, 4) is 0 Å². The highest BCUT2D eigenvalue weighted by Gasteiger charge is 2.30. The van der Waals surface area contributed by atoms with Crippen LogP contribution in [0.1, 0.15) is 65.2 Å². The second-order valence-electron chi connectivity index (χ2n) is 9.04. The first-order chi connectivity index (χ1) is 13.0. The molecule has 0 spiro atoms. The highest BCUT2D eigenvalue weighted by atomic mass is 16.2. The molecule has 1 aliphatic carbocycles. The first kappa shape index (κ1) is 20.6. The van der Waals surface area contributed by atoms with E-state index >= 15 is 0 Å². The van der Waals surface area contributed by atoms with E-state index in [0.29, 0.717) is 12.0 Å². The summed E-state index contributed by atoms with van der Waals surface area (Å²) in [6, 6.07) is 0.266. The van der Waals surface area contributed by atoms with Crippen molar-refractivity contribution in [2.24, 2.45) is 11.8 Å². The SMILES string of the molecule is CC1CCC(NC(=O)C(C)N2CCCC(CNC(=O)C3CCCN3)C2)CC1. The molecule has 154 valence electrons. The Labute approximate surface area is 164 Å². The monoisotopic (exact) mass is 378 g/mol. The van der Waals surface area contributed by atoms with Gasteiger partial charge in [-0.1, -0.05) is 6.92 Å². The summed E-state index contributed by atoms with van der Waals surface area (Å²) < 4.78 is 0. The molecule has 0 aromatic heterocycles. The molecular weight excluding hydrogens is 340 g/mol. The Morgan fingerprint density at radius 1 is 1.11 bits per heavy atom. The molecule has 0 bridgehead atoms. The van der Waals surface area contributed by atoms with E-state index in [1.54, 1.807) is 0 Å². The molecule has 3 atom stereocenters. The summed E-state index contributed by atoms with van der Waals surface area (Å²) in [7, 11) is 0. The number of amides is 2. The van der Waals surface area contributed by atoms with E-state index in [0.717, 1.165) is 70.6 Å². The third kappa shape index (κ3) is 5.92. The quantitative estimate of drug-likeness (QED) is 0.657. The van der Waals surface area contributed by atoms with Gasteiger partial charge in [0.2, 0.25) is 11.8 Å². The Balaban J connectivity index is 1.41. The lowest BCUT2D eigenvalue weighted by atomic mass is 9.87. The normalized spacial score (nSPS) is 33.4. The van der Waals surface area contributed by atoms with E-state index in [2.05, 4.69) is 27.8 Å². The van der Waals surface area contributed by atoms with Gasteiger partial charge in [-0.05, 0) is 83.2 Å². The molecule has 2 aliphatic heterocycles. The zero-order valence-electron chi connectivity index (χ0n) is 17.1. The standard InChI is InChI=1S/C21H38N4O2/c1-15-7-9-18(10-8-15)24-20(26)16(2)25-12-4-5-17(14-25)13-23-21(27)19-6-3-11-22-19/h15-19,22H,3-14H2,1-2H3,(H,23,27)(H,24,26). The Hall–Kier alpha value is -1.14. The molecule has 2 amide bonds. The van der Waals surface area contributed by atoms with Gasteiger partial charge in [0.15, 0.2) is 0 Å². The van der Waals surface area contributed by atoms with Crippen molar-refractivity contribution in [2.45, 2.75) is 83.3 Å². The maximum absolute atomic E-state index is 12.7. The van der Waals surface area contributed by atoms with Gasteiger partial charge in [0.05, 0.1) is 12.1 Å². The Morgan fingerprint density at radius 3 is 2.59 bits per heavy atom. The molecular formula is C21H38N4O2. The van der Waals surface area contributed by atoms with Gasteiger partial charge >= 0.3 is 0 Å². The largest absolute Gasteiger partial charge is 0.354 e. The molecule has 3 aliphatic rings. The Morgan fingerprint density at radius 2 is 1.89 bits per heavy atom. The van der Waals surface area contributed by atoms with Crippen LogP contribution in [0.3, 0.4) is 0 Å². The third-order valence-electron chi connectivity index (χ3n) is 6.78. The summed E-state index contributed by atoms with van der Waals surface area (Å²) in [4.78, 5) is 27.2. The number of hydrogen-bond acceptors (Lipinski definition) is 4. The van der Waals surface area contributed by atoms with Crippen molar-refractivity contribution >= 4 is 11.8 Å². The highest BCUT2D eigenvalue weighted by molar-refractivity contribution is 5.82. The van der Waals surface area contributed by atoms with Crippen LogP contribution in [0.25, 0.3) is 0 Å². The van der Waals surface area contributed by atoms with Crippen LogP contribution in [0.2, 0.25) is 0 Å². The van der Waals surface area contributed by atoms with Crippen molar-refractivity contribution in [3.63, 3.8) is 0 Å². The van der Waals surface area contributed by atoms with Crippen molar-refractivity contribution < 1.29 is 9.59 Å². The molecule has 0 radical (unpaired) electrons. The fourth-order valence-electron chi connectivity index (χ4n) is 4.78. The Bertz CT molecular complexity index is 498. The second kappa shape index (κ2) is 9.87. The fraction of sp³-hybridized carbons (Fsp3) is 0.905. The minimum atomic E-state index is -0.0839. The maximum atomic E-state index is 12.7. The van der Waals surface area contributed by atoms with Gasteiger partial charge in [0.25, 0.3) is 0 Å². The summed E-state index contributed by atoms with van der Waals surface area (Å²) in [5.41, 5.74) is 0. The highest BCUT2D eigenvalue weighted by Crippen LogP contribution is 2.24. The number of carbonyl (C=O) groups excluding carboxylic acids is 2. The van der Waals surface area contributed by atoms with Crippen LogP contribution in [0.5, 0.6) is 0 Å². The topological polar surface area (TPSA) is 73.5 Å². The molecule has 6 nitrogen and oxygen atoms in total. The molecule has 0 aromatic carbocycles. The predicted octanol–water partition coefficient (Wildman–Crippen LogP) is 1.65. The minimum absolute atomic E-state index is 0.00685. The van der Waals surface area contributed by atoms with Crippen LogP contribution in [0.15, 0.2) is 0 Å². The molecule has 3 fully saturated rings. The van der Waals surface area contributed by atoms with Crippen LogP contribution in [-0.2, 0) is 9.59 Å². The molecule has 3 N–H and O–H groups in total. The van der Waals surface area contributed by atoms with E-state index < -0.39 is 0 Å². The number of nitrogens with one attached hydrogen (secondary N) is 3. The van der Waals surface area contributed by atoms with E-state index in [1.165, 1.54) is 12.8 Å². The first-order valence-corrected chi connectivity index (χ1v) is 11.1. The number of rotatable bonds is 6. The van der Waals surface area contributed by atoms with Crippen LogP contribution in [0.4, 0.5) is 0 Å². The van der Waals surface area contributed by atoms with Crippen molar-refractivity contribution in [3.05, 3.63) is 0 Å². The summed E-state index contributed by atoms with van der Waals surface area (Å²) in [5.74, 6) is 1.55. The van der Waals surface area contributed by atoms with E-state index in [4.69, 9.17) is 0 Å². The number of nitrogens with zero attached hydrogens (tertiary/aromatic N) is 1. The van der Waals surface area contributed by atoms with Crippen LogP contribution >= 0.6 is 0 Å². The molecule has 2 heterocycles. The third-order valence-corrected chi connectivity index (χ3v) is 6.78. The molecule has 0 aromatic rings. The zero-order chi connectivity index (χ0) is 19.2. The van der Waals surface area contributed by atoms with Gasteiger partial charge in [0, 0.05) is 19.1 Å². The van der Waals surface area contributed by atoms with Crippen LogP contribution < -0.4 is 16.0 Å². The number of carbonyl (C=O) groups is 2. The number of likely N-dealkylation sites (tertiary alicyclic amines) is 1. The van der Waals surface area contributed by atoms with Crippen LogP contribution in [0, 0.1) is 11.8 Å². The molecule has 6 heteroatoms. The molecule has 27 heavy (non-hydrogen) atoms. The van der Waals surface area contributed by atoms with E-state index in [1.807, 2.05) is 6.92 Å². The van der Waals surface area contributed by atoms with Gasteiger partial charge in [-0.3, -0.25) is 14.5 Å². The fourth-order valence-corrected chi connectivity index (χ4v) is 4.78. The van der Waals surface area contributed by atoms with Crippen molar-refractivity contribution in [2.75, 3.05) is 26.2 Å². The molecule has 3 unspecified atom stereocenters. The van der Waals surface area contributed by atoms with Gasteiger partial charge in [-0.2, -0.15) is 0 Å². The second-order valence-corrected chi connectivity index (χ2v) is 9.04. The van der Waals surface area contributed by atoms with Gasteiger partial charge in [-0.15, -0.1) is 0 Å². The number of hydrogen-bond donors (Lipinski definition) is 3. The lowest BCUT2D eigenvalue weighted by Crippen LogP contribution is -2.53. The van der Waals surface area contributed by atoms with Crippen molar-refractivity contribution in [1.29, 1.82) is 0 Å². The Kier molecular flexibility index (Phi) is 7.53. The van der Waals surface area contributed by atoms with E-state index in [-0.39, 0.29) is 23.9 Å². The van der Waals surface area contributed by atoms with Gasteiger partial charge < -0.3 is 16.0 Å². The molecule has 1 saturated carbocycles. The first-order valence-electron chi connectivity index (χ1n) is 11.1. The average molecular weight is 379 g/mol. The van der Waals surface area contributed by atoms with E-state index in [9.17, 15) is 9.59 Å². The summed E-state index contributed by atoms with van der Waals surface area (Å²) >= 11 is 0. The lowest BCUT2D eigenvalue weighted by Gasteiger charge is -2.37.